The minimum atomic E-state index is -0.0457. The fourth-order valence-corrected chi connectivity index (χ4v) is 2.15. The van der Waals surface area contributed by atoms with Crippen molar-refractivity contribution in [1.29, 1.82) is 0 Å². The van der Waals surface area contributed by atoms with Gasteiger partial charge in [0.15, 0.2) is 0 Å². The molecule has 3 N–H and O–H groups in total. The number of nitrogens with one attached hydrogen (secondary N) is 2. The van der Waals surface area contributed by atoms with E-state index in [1.54, 1.807) is 6.08 Å². The predicted octanol–water partition coefficient (Wildman–Crippen LogP) is 4.24. The van der Waals surface area contributed by atoms with Crippen LogP contribution in [0.3, 0.4) is 0 Å². The van der Waals surface area contributed by atoms with Crippen LogP contribution < -0.4 is 10.6 Å². The Bertz CT molecular complexity index is 604. The zero-order chi connectivity index (χ0) is 17.4. The molecule has 0 amide bonds. The first-order chi connectivity index (χ1) is 10.9. The zero-order valence-corrected chi connectivity index (χ0v) is 15.9. The second-order valence-corrected chi connectivity index (χ2v) is 6.31. The number of nitrogens with zero attached hydrogens (tertiary/aromatic N) is 1. The van der Waals surface area contributed by atoms with Gasteiger partial charge in [0.2, 0.25) is 0 Å². The molecule has 4 nitrogen and oxygen atoms in total. The third-order valence-electron chi connectivity index (χ3n) is 3.57. The van der Waals surface area contributed by atoms with Crippen LogP contribution in [0.2, 0.25) is 0 Å². The minimum Gasteiger partial charge on any atom is -0.394 e. The third-order valence-corrected chi connectivity index (χ3v) is 4.27. The van der Waals surface area contributed by atoms with E-state index in [0.717, 1.165) is 22.4 Å². The summed E-state index contributed by atoms with van der Waals surface area (Å²) in [6.07, 6.45) is 2.48. The molecule has 0 aromatic heterocycles. The number of anilines is 1. The molecule has 1 unspecified atom stereocenters. The molecule has 0 aliphatic carbocycles. The second kappa shape index (κ2) is 9.53. The molecule has 1 atom stereocenters. The highest BCUT2D eigenvalue weighted by Gasteiger charge is 2.09. The van der Waals surface area contributed by atoms with Gasteiger partial charge in [0, 0.05) is 5.69 Å². The average Bonchev–Trinajstić information content (AvgIpc) is 2.54. The lowest BCUT2D eigenvalue weighted by atomic mass is 10.1. The second-order valence-electron chi connectivity index (χ2n) is 5.45. The fourth-order valence-electron chi connectivity index (χ4n) is 1.95. The molecule has 0 radical (unpaired) electrons. The highest BCUT2D eigenvalue weighted by Crippen LogP contribution is 2.16. The van der Waals surface area contributed by atoms with E-state index in [2.05, 4.69) is 64.1 Å². The number of aryl methyl sites for hydroxylation is 2. The molecule has 1 aromatic carbocycles. The van der Waals surface area contributed by atoms with E-state index in [1.807, 2.05) is 19.9 Å². The molecule has 23 heavy (non-hydrogen) atoms. The van der Waals surface area contributed by atoms with Gasteiger partial charge in [-0.25, -0.2) is 4.99 Å². The van der Waals surface area contributed by atoms with Crippen molar-refractivity contribution >= 4 is 27.5 Å². The van der Waals surface area contributed by atoms with E-state index in [9.17, 15) is 5.11 Å². The number of aliphatic imine (C=N–C) groups is 1. The van der Waals surface area contributed by atoms with E-state index in [-0.39, 0.29) is 12.6 Å². The number of aliphatic hydroxyl groups is 1. The van der Waals surface area contributed by atoms with E-state index in [4.69, 9.17) is 0 Å². The van der Waals surface area contributed by atoms with Crippen LogP contribution in [-0.2, 0) is 0 Å². The van der Waals surface area contributed by atoms with Crippen LogP contribution >= 0.6 is 15.9 Å². The van der Waals surface area contributed by atoms with Gasteiger partial charge in [-0.3, -0.25) is 0 Å². The van der Waals surface area contributed by atoms with Crippen LogP contribution in [0.1, 0.15) is 31.4 Å². The Morgan fingerprint density at radius 1 is 1.39 bits per heavy atom. The van der Waals surface area contributed by atoms with Gasteiger partial charge in [-0.05, 0) is 66.4 Å². The molecular formula is C18H26BrN3O. The predicted molar refractivity (Wildman–Crippen MR) is 103 cm³/mol. The van der Waals surface area contributed by atoms with Gasteiger partial charge < -0.3 is 15.7 Å². The largest absolute Gasteiger partial charge is 0.394 e. The first kappa shape index (κ1) is 19.5. The summed E-state index contributed by atoms with van der Waals surface area (Å²) in [6, 6.07) is 6.16. The third kappa shape index (κ3) is 6.20. The lowest BCUT2D eigenvalue weighted by molar-refractivity contribution is 0.246. The van der Waals surface area contributed by atoms with E-state index >= 15 is 0 Å². The molecular weight excluding hydrogens is 354 g/mol. The van der Waals surface area contributed by atoms with Gasteiger partial charge >= 0.3 is 0 Å². The molecule has 5 heteroatoms. The van der Waals surface area contributed by atoms with Crippen molar-refractivity contribution in [1.82, 2.24) is 5.32 Å². The number of aliphatic hydroxyl groups excluding tert-OH is 1. The number of halogens is 1. The number of rotatable bonds is 7. The summed E-state index contributed by atoms with van der Waals surface area (Å²) in [4.78, 5) is 4.58. The van der Waals surface area contributed by atoms with Crippen molar-refractivity contribution in [3.05, 3.63) is 52.3 Å². The van der Waals surface area contributed by atoms with Crippen LogP contribution in [0.25, 0.3) is 0 Å². The molecule has 0 fully saturated rings. The van der Waals surface area contributed by atoms with E-state index in [1.165, 1.54) is 11.1 Å². The molecule has 1 rings (SSSR count). The number of benzene rings is 1. The molecule has 0 spiro atoms. The minimum absolute atomic E-state index is 0.0457. The number of allylic oxidation sites excluding steroid dienone is 2. The maximum atomic E-state index is 9.36. The van der Waals surface area contributed by atoms with E-state index < -0.39 is 0 Å². The van der Waals surface area contributed by atoms with Gasteiger partial charge in [0.1, 0.15) is 11.7 Å². The zero-order valence-electron chi connectivity index (χ0n) is 14.3. The van der Waals surface area contributed by atoms with Crippen LogP contribution in [0.15, 0.2) is 46.1 Å². The molecule has 0 aliphatic rings. The Hall–Kier alpha value is -1.59. The molecule has 126 valence electrons. The first-order valence-corrected chi connectivity index (χ1v) is 8.49. The van der Waals surface area contributed by atoms with Crippen LogP contribution in [0.5, 0.6) is 0 Å². The normalized spacial score (nSPS) is 14.1. The van der Waals surface area contributed by atoms with Crippen LogP contribution in [0.4, 0.5) is 5.69 Å². The summed E-state index contributed by atoms with van der Waals surface area (Å²) in [6.45, 7) is 11.9. The van der Waals surface area contributed by atoms with Crippen LogP contribution in [-0.4, -0.2) is 23.6 Å². The average molecular weight is 380 g/mol. The van der Waals surface area contributed by atoms with Crippen molar-refractivity contribution < 1.29 is 5.11 Å². The Morgan fingerprint density at radius 2 is 2.09 bits per heavy atom. The summed E-state index contributed by atoms with van der Waals surface area (Å²) >= 11 is 3.45. The lowest BCUT2D eigenvalue weighted by Crippen LogP contribution is -2.31. The Morgan fingerprint density at radius 3 is 2.61 bits per heavy atom. The van der Waals surface area contributed by atoms with Gasteiger partial charge in [0.25, 0.3) is 0 Å². The Labute approximate surface area is 147 Å². The topological polar surface area (TPSA) is 56.7 Å². The monoisotopic (exact) mass is 379 g/mol. The van der Waals surface area contributed by atoms with Crippen molar-refractivity contribution in [2.75, 3.05) is 11.9 Å². The van der Waals surface area contributed by atoms with Crippen molar-refractivity contribution in [2.24, 2.45) is 4.99 Å². The van der Waals surface area contributed by atoms with Crippen molar-refractivity contribution in [2.45, 2.75) is 40.2 Å². The highest BCUT2D eigenvalue weighted by atomic mass is 79.9. The number of amidine groups is 1. The van der Waals surface area contributed by atoms with Gasteiger partial charge in [-0.2, -0.15) is 0 Å². The van der Waals surface area contributed by atoms with Gasteiger partial charge in [0.05, 0.1) is 17.1 Å². The van der Waals surface area contributed by atoms with Gasteiger partial charge in [-0.1, -0.05) is 25.6 Å². The van der Waals surface area contributed by atoms with Crippen molar-refractivity contribution in [3.63, 3.8) is 0 Å². The maximum absolute atomic E-state index is 9.36. The molecule has 0 saturated heterocycles. The Balaban J connectivity index is 2.97. The summed E-state index contributed by atoms with van der Waals surface area (Å²) < 4.78 is 0.755. The lowest BCUT2D eigenvalue weighted by Gasteiger charge is -2.17. The fraction of sp³-hybridized carbons (Fsp3) is 0.389. The Kier molecular flexibility index (Phi) is 8.06. The quantitative estimate of drug-likeness (QED) is 0.377. The molecule has 0 aliphatic heterocycles. The summed E-state index contributed by atoms with van der Waals surface area (Å²) in [5, 5.41) is 15.9. The molecule has 1 aromatic rings. The summed E-state index contributed by atoms with van der Waals surface area (Å²) in [5.74, 6) is 1.40. The highest BCUT2D eigenvalue weighted by molar-refractivity contribution is 9.11. The number of hydrogen-bond acceptors (Lipinski definition) is 3. The molecule has 0 heterocycles. The van der Waals surface area contributed by atoms with Crippen LogP contribution in [0, 0.1) is 13.8 Å². The first-order valence-electron chi connectivity index (χ1n) is 7.70. The molecule has 0 bridgehead atoms. The number of hydrogen-bond donors (Lipinski definition) is 3. The SMILES string of the molecule is C=C/C(Br)=C(\N=C(/C)Nc1ccc(C)c(C)c1)NC(CC)CO. The summed E-state index contributed by atoms with van der Waals surface area (Å²) in [7, 11) is 0. The van der Waals surface area contributed by atoms with Gasteiger partial charge in [-0.15, -0.1) is 0 Å². The standard InChI is InChI=1S/C18H26BrN3O/c1-6-15(11-23)22-18(17(19)7-2)21-14(5)20-16-9-8-12(3)13(4)10-16/h7-10,15,22-23H,2,6,11H2,1,3-5H3,(H,20,21)/b18-17-. The molecule has 0 saturated carbocycles. The van der Waals surface area contributed by atoms with E-state index in [0.29, 0.717) is 5.82 Å². The van der Waals surface area contributed by atoms with Crippen molar-refractivity contribution in [3.8, 4) is 0 Å². The summed E-state index contributed by atoms with van der Waals surface area (Å²) in [5.41, 5.74) is 3.49. The maximum Gasteiger partial charge on any atom is 0.142 e. The smallest absolute Gasteiger partial charge is 0.142 e.